The van der Waals surface area contributed by atoms with Crippen molar-refractivity contribution in [3.63, 3.8) is 0 Å². The molecule has 1 saturated heterocycles. The van der Waals surface area contributed by atoms with Crippen molar-refractivity contribution in [2.24, 2.45) is 13.0 Å². The zero-order valence-corrected chi connectivity index (χ0v) is 15.1. The van der Waals surface area contributed by atoms with Crippen LogP contribution in [0.15, 0.2) is 24.3 Å². The molecule has 1 aromatic heterocycles. The van der Waals surface area contributed by atoms with Gasteiger partial charge in [-0.3, -0.25) is 9.69 Å². The van der Waals surface area contributed by atoms with E-state index in [2.05, 4.69) is 10.00 Å². The number of methoxy groups -OCH3 is 1. The molecule has 1 aliphatic heterocycles. The van der Waals surface area contributed by atoms with Crippen molar-refractivity contribution in [2.45, 2.75) is 19.5 Å². The van der Waals surface area contributed by atoms with Gasteiger partial charge in [0.1, 0.15) is 5.82 Å². The summed E-state index contributed by atoms with van der Waals surface area (Å²) in [6.07, 6.45) is 1.51. The normalized spacial score (nSPS) is 16.1. The smallest absolute Gasteiger partial charge is 0.308 e. The first-order valence-electron chi connectivity index (χ1n) is 8.20. The Morgan fingerprint density at radius 1 is 1.36 bits per heavy atom. The summed E-state index contributed by atoms with van der Waals surface area (Å²) in [5, 5.41) is 4.51. The highest BCUT2D eigenvalue weighted by Crippen LogP contribution is 2.22. The number of likely N-dealkylation sites (tertiary alicyclic amines) is 1. The fraction of sp³-hybridized carbons (Fsp3) is 0.471. The molecule has 1 fully saturated rings. The third-order valence-electron chi connectivity index (χ3n) is 4.61. The SMILES string of the molecule is COC(=O)C1CCN(Cn2nc(-c3ccccc3F)n(C)c2=S)CC1. The number of carbonyl (C=O) groups excluding carboxylic acids is 1. The van der Waals surface area contributed by atoms with E-state index in [-0.39, 0.29) is 17.7 Å². The van der Waals surface area contributed by atoms with Gasteiger partial charge < -0.3 is 9.30 Å². The number of aromatic nitrogens is 3. The van der Waals surface area contributed by atoms with Crippen molar-refractivity contribution in [3.05, 3.63) is 34.9 Å². The molecule has 6 nitrogen and oxygen atoms in total. The third-order valence-corrected chi connectivity index (χ3v) is 5.10. The zero-order valence-electron chi connectivity index (χ0n) is 14.3. The summed E-state index contributed by atoms with van der Waals surface area (Å²) in [5.74, 6) is 0.00653. The fourth-order valence-corrected chi connectivity index (χ4v) is 3.31. The number of benzene rings is 1. The van der Waals surface area contributed by atoms with Gasteiger partial charge in [-0.2, -0.15) is 5.10 Å². The summed E-state index contributed by atoms with van der Waals surface area (Å²) < 4.78 is 22.8. The Morgan fingerprint density at radius 3 is 2.68 bits per heavy atom. The van der Waals surface area contributed by atoms with E-state index in [0.717, 1.165) is 25.9 Å². The highest BCUT2D eigenvalue weighted by Gasteiger charge is 2.26. The lowest BCUT2D eigenvalue weighted by Gasteiger charge is -2.30. The van der Waals surface area contributed by atoms with E-state index in [4.69, 9.17) is 17.0 Å². The topological polar surface area (TPSA) is 52.3 Å². The fourth-order valence-electron chi connectivity index (χ4n) is 3.12. The highest BCUT2D eigenvalue weighted by atomic mass is 32.1. The van der Waals surface area contributed by atoms with Gasteiger partial charge in [0.05, 0.1) is 25.3 Å². The number of hydrogen-bond acceptors (Lipinski definition) is 5. The van der Waals surface area contributed by atoms with Crippen molar-refractivity contribution < 1.29 is 13.9 Å². The monoisotopic (exact) mass is 364 g/mol. The second-order valence-corrected chi connectivity index (χ2v) is 6.57. The number of hydrogen-bond donors (Lipinski definition) is 0. The summed E-state index contributed by atoms with van der Waals surface area (Å²) in [6, 6.07) is 6.53. The number of carbonyl (C=O) groups is 1. The van der Waals surface area contributed by atoms with Gasteiger partial charge in [-0.15, -0.1) is 0 Å². The van der Waals surface area contributed by atoms with Crippen molar-refractivity contribution in [2.75, 3.05) is 20.2 Å². The number of esters is 1. The Balaban J connectivity index is 1.75. The molecule has 0 saturated carbocycles. The molecule has 2 aromatic rings. The van der Waals surface area contributed by atoms with Gasteiger partial charge in [0, 0.05) is 20.1 Å². The standard InChI is InChI=1S/C17H21FN4O2S/c1-20-15(13-5-3-4-6-14(13)18)19-22(17(20)25)11-21-9-7-12(8-10-21)16(23)24-2/h3-6,12H,7-11H2,1-2H3. The molecule has 1 aliphatic rings. The quantitative estimate of drug-likeness (QED) is 0.617. The number of halogens is 1. The maximum atomic E-state index is 14.1. The maximum Gasteiger partial charge on any atom is 0.308 e. The first-order chi connectivity index (χ1) is 12.0. The van der Waals surface area contributed by atoms with Crippen LogP contribution in [0.1, 0.15) is 12.8 Å². The van der Waals surface area contributed by atoms with E-state index in [0.29, 0.717) is 22.8 Å². The van der Waals surface area contributed by atoms with Crippen molar-refractivity contribution in [3.8, 4) is 11.4 Å². The summed E-state index contributed by atoms with van der Waals surface area (Å²) in [6.45, 7) is 2.06. The van der Waals surface area contributed by atoms with Gasteiger partial charge in [-0.25, -0.2) is 9.07 Å². The second-order valence-electron chi connectivity index (χ2n) is 6.20. The predicted octanol–water partition coefficient (Wildman–Crippen LogP) is 2.60. The Hall–Kier alpha value is -2.06. The molecule has 25 heavy (non-hydrogen) atoms. The van der Waals surface area contributed by atoms with Crippen LogP contribution in [0.25, 0.3) is 11.4 Å². The molecule has 8 heteroatoms. The average Bonchev–Trinajstić information content (AvgIpc) is 2.90. The van der Waals surface area contributed by atoms with E-state index in [1.54, 1.807) is 34.5 Å². The molecule has 0 radical (unpaired) electrons. The summed E-state index contributed by atoms with van der Waals surface area (Å²) in [7, 11) is 3.21. The first-order valence-corrected chi connectivity index (χ1v) is 8.61. The van der Waals surface area contributed by atoms with Crippen LogP contribution < -0.4 is 0 Å². The number of rotatable bonds is 4. The molecule has 0 N–H and O–H groups in total. The molecular weight excluding hydrogens is 343 g/mol. The third kappa shape index (κ3) is 3.64. The van der Waals surface area contributed by atoms with Crippen LogP contribution in [0.4, 0.5) is 4.39 Å². The summed E-state index contributed by atoms with van der Waals surface area (Å²) in [5.41, 5.74) is 0.430. The van der Waals surface area contributed by atoms with Crippen LogP contribution in [-0.2, 0) is 23.2 Å². The molecule has 134 valence electrons. The highest BCUT2D eigenvalue weighted by molar-refractivity contribution is 7.71. The van der Waals surface area contributed by atoms with E-state index >= 15 is 0 Å². The molecule has 0 aliphatic carbocycles. The van der Waals surface area contributed by atoms with E-state index in [1.807, 2.05) is 0 Å². The van der Waals surface area contributed by atoms with Crippen molar-refractivity contribution >= 4 is 18.2 Å². The van der Waals surface area contributed by atoms with Crippen LogP contribution >= 0.6 is 12.2 Å². The Kier molecular flexibility index (Phi) is 5.29. The number of nitrogens with zero attached hydrogens (tertiary/aromatic N) is 4. The molecule has 0 bridgehead atoms. The Morgan fingerprint density at radius 2 is 2.04 bits per heavy atom. The molecule has 2 heterocycles. The van der Waals surface area contributed by atoms with Crippen LogP contribution in [0.5, 0.6) is 0 Å². The zero-order chi connectivity index (χ0) is 18.0. The van der Waals surface area contributed by atoms with Gasteiger partial charge >= 0.3 is 5.97 Å². The Bertz CT molecular complexity index is 824. The van der Waals surface area contributed by atoms with Gasteiger partial charge in [0.25, 0.3) is 0 Å². The predicted molar refractivity (Wildman–Crippen MR) is 93.7 cm³/mol. The Labute approximate surface area is 150 Å². The molecule has 0 atom stereocenters. The minimum absolute atomic E-state index is 0.0352. The van der Waals surface area contributed by atoms with Gasteiger partial charge in [0.2, 0.25) is 0 Å². The minimum Gasteiger partial charge on any atom is -0.469 e. The average molecular weight is 364 g/mol. The van der Waals surface area contributed by atoms with Crippen LogP contribution in [0, 0.1) is 16.5 Å². The summed E-state index contributed by atoms with van der Waals surface area (Å²) in [4.78, 5) is 13.8. The lowest BCUT2D eigenvalue weighted by Crippen LogP contribution is -2.38. The maximum absolute atomic E-state index is 14.1. The van der Waals surface area contributed by atoms with Crippen LogP contribution in [0.2, 0.25) is 0 Å². The lowest BCUT2D eigenvalue weighted by molar-refractivity contribution is -0.147. The molecular formula is C17H21FN4O2S. The van der Waals surface area contributed by atoms with E-state index in [1.165, 1.54) is 13.2 Å². The molecule has 0 unspecified atom stereocenters. The first kappa shape index (κ1) is 17.8. The van der Waals surface area contributed by atoms with Crippen molar-refractivity contribution in [1.82, 2.24) is 19.2 Å². The van der Waals surface area contributed by atoms with Crippen LogP contribution in [0.3, 0.4) is 0 Å². The lowest BCUT2D eigenvalue weighted by atomic mass is 9.97. The molecule has 0 amide bonds. The molecule has 1 aromatic carbocycles. The summed E-state index contributed by atoms with van der Waals surface area (Å²) >= 11 is 5.45. The number of piperidine rings is 1. The molecule has 0 spiro atoms. The molecule has 3 rings (SSSR count). The van der Waals surface area contributed by atoms with Gasteiger partial charge in [0.15, 0.2) is 10.6 Å². The largest absolute Gasteiger partial charge is 0.469 e. The van der Waals surface area contributed by atoms with E-state index < -0.39 is 0 Å². The second kappa shape index (κ2) is 7.45. The van der Waals surface area contributed by atoms with Gasteiger partial charge in [-0.05, 0) is 37.2 Å². The van der Waals surface area contributed by atoms with E-state index in [9.17, 15) is 9.18 Å². The minimum atomic E-state index is -0.323. The van der Waals surface area contributed by atoms with Crippen LogP contribution in [-0.4, -0.2) is 45.4 Å². The number of ether oxygens (including phenoxy) is 1. The van der Waals surface area contributed by atoms with Gasteiger partial charge in [-0.1, -0.05) is 12.1 Å². The van der Waals surface area contributed by atoms with Crippen molar-refractivity contribution in [1.29, 1.82) is 0 Å².